The van der Waals surface area contributed by atoms with Crippen molar-refractivity contribution < 1.29 is 4.74 Å². The normalized spacial score (nSPS) is 18.8. The Kier molecular flexibility index (Phi) is 6.56. The third-order valence-corrected chi connectivity index (χ3v) is 4.47. The van der Waals surface area contributed by atoms with E-state index >= 15 is 0 Å². The van der Waals surface area contributed by atoms with Crippen LogP contribution in [0, 0.1) is 11.8 Å². The van der Waals surface area contributed by atoms with Crippen molar-refractivity contribution in [3.63, 3.8) is 0 Å². The quantitative estimate of drug-likeness (QED) is 0.769. The summed E-state index contributed by atoms with van der Waals surface area (Å²) in [5, 5.41) is 3.52. The predicted octanol–water partition coefficient (Wildman–Crippen LogP) is 4.07. The number of benzene rings is 1. The molecule has 0 saturated carbocycles. The van der Waals surface area contributed by atoms with Crippen molar-refractivity contribution in [2.75, 3.05) is 31.6 Å². The SMILES string of the molecule is COc1cc(CNCCC(C)C)ccc1N1CCCC(C)C1. The van der Waals surface area contributed by atoms with Crippen LogP contribution in [0.1, 0.15) is 45.6 Å². The fraction of sp³-hybridized carbons (Fsp3) is 0.684. The summed E-state index contributed by atoms with van der Waals surface area (Å²) in [6, 6.07) is 6.66. The van der Waals surface area contributed by atoms with Crippen LogP contribution >= 0.6 is 0 Å². The van der Waals surface area contributed by atoms with Gasteiger partial charge in [0.2, 0.25) is 0 Å². The van der Waals surface area contributed by atoms with Gasteiger partial charge in [0.15, 0.2) is 0 Å². The summed E-state index contributed by atoms with van der Waals surface area (Å²) in [6.45, 7) is 11.1. The van der Waals surface area contributed by atoms with Crippen LogP contribution in [0.3, 0.4) is 0 Å². The van der Waals surface area contributed by atoms with Gasteiger partial charge in [-0.05, 0) is 55.3 Å². The van der Waals surface area contributed by atoms with Crippen molar-refractivity contribution in [1.82, 2.24) is 5.32 Å². The van der Waals surface area contributed by atoms with E-state index in [4.69, 9.17) is 4.74 Å². The van der Waals surface area contributed by atoms with E-state index in [1.807, 2.05) is 0 Å². The molecule has 1 heterocycles. The van der Waals surface area contributed by atoms with E-state index in [9.17, 15) is 0 Å². The van der Waals surface area contributed by atoms with E-state index < -0.39 is 0 Å². The molecule has 0 aliphatic carbocycles. The third-order valence-electron chi connectivity index (χ3n) is 4.47. The molecule has 0 aromatic heterocycles. The summed E-state index contributed by atoms with van der Waals surface area (Å²) in [4.78, 5) is 2.48. The van der Waals surface area contributed by atoms with Crippen molar-refractivity contribution in [2.45, 2.75) is 46.6 Å². The maximum absolute atomic E-state index is 5.65. The topological polar surface area (TPSA) is 24.5 Å². The highest BCUT2D eigenvalue weighted by Crippen LogP contribution is 2.32. The number of nitrogens with zero attached hydrogens (tertiary/aromatic N) is 1. The number of rotatable bonds is 7. The Labute approximate surface area is 136 Å². The second-order valence-electron chi connectivity index (χ2n) is 7.06. The molecule has 0 spiro atoms. The predicted molar refractivity (Wildman–Crippen MR) is 94.8 cm³/mol. The van der Waals surface area contributed by atoms with Gasteiger partial charge in [0.25, 0.3) is 0 Å². The Hall–Kier alpha value is -1.22. The van der Waals surface area contributed by atoms with Gasteiger partial charge in [0, 0.05) is 19.6 Å². The zero-order valence-electron chi connectivity index (χ0n) is 14.7. The molecule has 3 heteroatoms. The van der Waals surface area contributed by atoms with E-state index in [0.29, 0.717) is 0 Å². The maximum atomic E-state index is 5.65. The van der Waals surface area contributed by atoms with Crippen molar-refractivity contribution in [3.05, 3.63) is 23.8 Å². The number of piperidine rings is 1. The summed E-state index contributed by atoms with van der Waals surface area (Å²) in [7, 11) is 1.78. The number of anilines is 1. The zero-order chi connectivity index (χ0) is 15.9. The Morgan fingerprint density at radius 3 is 2.86 bits per heavy atom. The third kappa shape index (κ3) is 4.91. The lowest BCUT2D eigenvalue weighted by Crippen LogP contribution is -2.34. The van der Waals surface area contributed by atoms with Crippen LogP contribution in [0.25, 0.3) is 0 Å². The van der Waals surface area contributed by atoms with Gasteiger partial charge in [0.1, 0.15) is 5.75 Å². The minimum atomic E-state index is 0.755. The average molecular weight is 304 g/mol. The van der Waals surface area contributed by atoms with Crippen molar-refractivity contribution in [1.29, 1.82) is 0 Å². The van der Waals surface area contributed by atoms with Gasteiger partial charge in [0.05, 0.1) is 12.8 Å². The number of hydrogen-bond acceptors (Lipinski definition) is 3. The van der Waals surface area contributed by atoms with E-state index in [2.05, 4.69) is 49.2 Å². The van der Waals surface area contributed by atoms with E-state index in [-0.39, 0.29) is 0 Å². The first-order valence-corrected chi connectivity index (χ1v) is 8.72. The number of methoxy groups -OCH3 is 1. The summed E-state index contributed by atoms with van der Waals surface area (Å²) in [5.41, 5.74) is 2.55. The van der Waals surface area contributed by atoms with Crippen LogP contribution in [0.15, 0.2) is 18.2 Å². The molecule has 0 amide bonds. The number of hydrogen-bond donors (Lipinski definition) is 1. The highest BCUT2D eigenvalue weighted by atomic mass is 16.5. The monoisotopic (exact) mass is 304 g/mol. The fourth-order valence-electron chi connectivity index (χ4n) is 3.12. The summed E-state index contributed by atoms with van der Waals surface area (Å²) in [5.74, 6) is 2.54. The highest BCUT2D eigenvalue weighted by molar-refractivity contribution is 5.60. The van der Waals surface area contributed by atoms with Crippen LogP contribution in [0.4, 0.5) is 5.69 Å². The van der Waals surface area contributed by atoms with Gasteiger partial charge in [-0.1, -0.05) is 26.8 Å². The summed E-state index contributed by atoms with van der Waals surface area (Å²) >= 11 is 0. The molecule has 1 unspecified atom stereocenters. The molecule has 124 valence electrons. The minimum Gasteiger partial charge on any atom is -0.495 e. The molecular weight excluding hydrogens is 272 g/mol. The molecule has 1 fully saturated rings. The standard InChI is InChI=1S/C19H32N2O/c1-15(2)9-10-20-13-17-7-8-18(19(12-17)22-4)21-11-5-6-16(3)14-21/h7-8,12,15-16,20H,5-6,9-11,13-14H2,1-4H3. The molecule has 22 heavy (non-hydrogen) atoms. The fourth-order valence-corrected chi connectivity index (χ4v) is 3.12. The summed E-state index contributed by atoms with van der Waals surface area (Å²) in [6.07, 6.45) is 3.85. The molecule has 1 saturated heterocycles. The molecule has 1 N–H and O–H groups in total. The number of nitrogens with one attached hydrogen (secondary N) is 1. The molecule has 1 aliphatic rings. The van der Waals surface area contributed by atoms with E-state index in [1.165, 1.54) is 30.5 Å². The zero-order valence-corrected chi connectivity index (χ0v) is 14.7. The van der Waals surface area contributed by atoms with Crippen molar-refractivity contribution >= 4 is 5.69 Å². The molecule has 3 nitrogen and oxygen atoms in total. The first-order chi connectivity index (χ1) is 10.6. The Morgan fingerprint density at radius 2 is 2.18 bits per heavy atom. The lowest BCUT2D eigenvalue weighted by molar-refractivity contribution is 0.404. The van der Waals surface area contributed by atoms with Gasteiger partial charge in [-0.2, -0.15) is 0 Å². The van der Waals surface area contributed by atoms with Crippen LogP contribution in [-0.4, -0.2) is 26.7 Å². The lowest BCUT2D eigenvalue weighted by Gasteiger charge is -2.33. The molecule has 1 atom stereocenters. The van der Waals surface area contributed by atoms with Gasteiger partial charge >= 0.3 is 0 Å². The Bertz CT molecular complexity index is 459. The summed E-state index contributed by atoms with van der Waals surface area (Å²) < 4.78 is 5.65. The lowest BCUT2D eigenvalue weighted by atomic mass is 9.99. The van der Waals surface area contributed by atoms with Gasteiger partial charge in [-0.25, -0.2) is 0 Å². The molecule has 1 aliphatic heterocycles. The second kappa shape index (κ2) is 8.42. The smallest absolute Gasteiger partial charge is 0.142 e. The largest absolute Gasteiger partial charge is 0.495 e. The molecule has 2 rings (SSSR count). The maximum Gasteiger partial charge on any atom is 0.142 e. The Balaban J connectivity index is 1.98. The van der Waals surface area contributed by atoms with Gasteiger partial charge < -0.3 is 15.0 Å². The molecular formula is C19H32N2O. The Morgan fingerprint density at radius 1 is 1.36 bits per heavy atom. The van der Waals surface area contributed by atoms with Crippen LogP contribution in [0.2, 0.25) is 0 Å². The molecule has 0 radical (unpaired) electrons. The van der Waals surface area contributed by atoms with E-state index in [1.54, 1.807) is 7.11 Å². The first kappa shape index (κ1) is 17.1. The van der Waals surface area contributed by atoms with Crippen LogP contribution in [0.5, 0.6) is 5.75 Å². The van der Waals surface area contributed by atoms with Gasteiger partial charge in [-0.3, -0.25) is 0 Å². The minimum absolute atomic E-state index is 0.755. The molecule has 1 aromatic carbocycles. The molecule has 0 bridgehead atoms. The second-order valence-corrected chi connectivity index (χ2v) is 7.06. The van der Waals surface area contributed by atoms with Crippen LogP contribution in [-0.2, 0) is 6.54 Å². The average Bonchev–Trinajstić information content (AvgIpc) is 2.51. The van der Waals surface area contributed by atoms with Crippen molar-refractivity contribution in [3.8, 4) is 5.75 Å². The molecule has 1 aromatic rings. The van der Waals surface area contributed by atoms with Crippen molar-refractivity contribution in [2.24, 2.45) is 11.8 Å². The highest BCUT2D eigenvalue weighted by Gasteiger charge is 2.19. The van der Waals surface area contributed by atoms with E-state index in [0.717, 1.165) is 43.8 Å². The first-order valence-electron chi connectivity index (χ1n) is 8.72. The van der Waals surface area contributed by atoms with Gasteiger partial charge in [-0.15, -0.1) is 0 Å². The number of ether oxygens (including phenoxy) is 1. The van der Waals surface area contributed by atoms with Crippen LogP contribution < -0.4 is 15.0 Å².